The van der Waals surface area contributed by atoms with Gasteiger partial charge in [-0.2, -0.15) is 0 Å². The molecule has 1 heterocycles. The van der Waals surface area contributed by atoms with Crippen LogP contribution in [-0.4, -0.2) is 5.91 Å². The molecule has 4 rings (SSSR count). The molecule has 0 spiro atoms. The summed E-state index contributed by atoms with van der Waals surface area (Å²) in [7, 11) is 0. The zero-order valence-electron chi connectivity index (χ0n) is 16.3. The molecule has 3 aromatic carbocycles. The fourth-order valence-electron chi connectivity index (χ4n) is 3.38. The minimum Gasteiger partial charge on any atom is -0.485 e. The molecule has 0 aliphatic carbocycles. The van der Waals surface area contributed by atoms with Crippen molar-refractivity contribution in [1.29, 1.82) is 0 Å². The van der Waals surface area contributed by atoms with Gasteiger partial charge in [-0.3, -0.25) is 4.79 Å². The van der Waals surface area contributed by atoms with Gasteiger partial charge in [-0.25, -0.2) is 0 Å². The zero-order chi connectivity index (χ0) is 20.1. The fraction of sp³-hybridized carbons (Fsp3) is 0.160. The standard InChI is InChI=1S/C25H23NO3/c1-2-22(19-10-4-3-5-11-19)26-25(27)24-16-15-20(29-24)17-28-23-14-8-12-18-9-6-7-13-21(18)23/h3-16,22H,2,17H2,1H3,(H,26,27). The van der Waals surface area contributed by atoms with E-state index in [0.717, 1.165) is 28.5 Å². The smallest absolute Gasteiger partial charge is 0.287 e. The Kier molecular flexibility index (Phi) is 5.61. The normalized spacial score (nSPS) is 11.9. The molecule has 4 heteroatoms. The molecule has 0 aliphatic heterocycles. The van der Waals surface area contributed by atoms with Gasteiger partial charge in [-0.05, 0) is 35.6 Å². The van der Waals surface area contributed by atoms with Crippen molar-refractivity contribution in [3.05, 3.63) is 102 Å². The third-order valence-electron chi connectivity index (χ3n) is 4.92. The van der Waals surface area contributed by atoms with Crippen molar-refractivity contribution in [2.24, 2.45) is 0 Å². The number of hydrogen-bond donors (Lipinski definition) is 1. The van der Waals surface area contributed by atoms with Crippen LogP contribution in [0.15, 0.2) is 89.3 Å². The largest absolute Gasteiger partial charge is 0.485 e. The number of carbonyl (C=O) groups excluding carboxylic acids is 1. The fourth-order valence-corrected chi connectivity index (χ4v) is 3.38. The predicted octanol–water partition coefficient (Wildman–Crippen LogP) is 5.89. The minimum atomic E-state index is -0.225. The summed E-state index contributed by atoms with van der Waals surface area (Å²) >= 11 is 0. The van der Waals surface area contributed by atoms with Crippen LogP contribution in [0.3, 0.4) is 0 Å². The Balaban J connectivity index is 1.42. The third kappa shape index (κ3) is 4.32. The highest BCUT2D eigenvalue weighted by atomic mass is 16.5. The molecule has 1 atom stereocenters. The van der Waals surface area contributed by atoms with Gasteiger partial charge < -0.3 is 14.5 Å². The van der Waals surface area contributed by atoms with Crippen molar-refractivity contribution in [2.75, 3.05) is 0 Å². The summed E-state index contributed by atoms with van der Waals surface area (Å²) in [5.41, 5.74) is 1.08. The van der Waals surface area contributed by atoms with E-state index in [9.17, 15) is 4.79 Å². The molecular formula is C25H23NO3. The predicted molar refractivity (Wildman–Crippen MR) is 114 cm³/mol. The van der Waals surface area contributed by atoms with Crippen molar-refractivity contribution >= 4 is 16.7 Å². The summed E-state index contributed by atoms with van der Waals surface area (Å²) in [6.45, 7) is 2.31. The van der Waals surface area contributed by atoms with E-state index in [1.807, 2.05) is 67.6 Å². The number of furan rings is 1. The first-order chi connectivity index (χ1) is 14.2. The number of carbonyl (C=O) groups is 1. The second kappa shape index (κ2) is 8.65. The van der Waals surface area contributed by atoms with Crippen LogP contribution in [0.25, 0.3) is 10.8 Å². The molecule has 0 bridgehead atoms. The molecule has 0 radical (unpaired) electrons. The minimum absolute atomic E-state index is 0.0517. The maximum absolute atomic E-state index is 12.6. The molecule has 0 aliphatic rings. The number of rotatable bonds is 7. The summed E-state index contributed by atoms with van der Waals surface area (Å²) < 4.78 is 11.7. The number of amides is 1. The number of hydrogen-bond acceptors (Lipinski definition) is 3. The van der Waals surface area contributed by atoms with Crippen LogP contribution < -0.4 is 10.1 Å². The molecular weight excluding hydrogens is 362 g/mol. The monoisotopic (exact) mass is 385 g/mol. The molecule has 0 saturated heterocycles. The van der Waals surface area contributed by atoms with Crippen molar-refractivity contribution in [3.8, 4) is 5.75 Å². The van der Waals surface area contributed by atoms with E-state index in [2.05, 4.69) is 17.4 Å². The quantitative estimate of drug-likeness (QED) is 0.431. The molecule has 1 aromatic heterocycles. The number of nitrogens with one attached hydrogen (secondary N) is 1. The van der Waals surface area contributed by atoms with E-state index < -0.39 is 0 Å². The summed E-state index contributed by atoms with van der Waals surface area (Å²) in [5, 5.41) is 5.21. The first-order valence-corrected chi connectivity index (χ1v) is 9.79. The third-order valence-corrected chi connectivity index (χ3v) is 4.92. The Hall–Kier alpha value is -3.53. The maximum atomic E-state index is 12.6. The second-order valence-electron chi connectivity index (χ2n) is 6.88. The number of fused-ring (bicyclic) bond motifs is 1. The second-order valence-corrected chi connectivity index (χ2v) is 6.88. The average molecular weight is 385 g/mol. The van der Waals surface area contributed by atoms with Crippen molar-refractivity contribution in [1.82, 2.24) is 5.32 Å². The number of benzene rings is 3. The van der Waals surface area contributed by atoms with Crippen molar-refractivity contribution in [3.63, 3.8) is 0 Å². The Bertz CT molecular complexity index is 1100. The van der Waals surface area contributed by atoms with Crippen LogP contribution in [0.1, 0.15) is 41.3 Å². The molecule has 1 N–H and O–H groups in total. The molecule has 0 fully saturated rings. The van der Waals surface area contributed by atoms with Gasteiger partial charge in [-0.1, -0.05) is 73.7 Å². The Morgan fingerprint density at radius 2 is 1.69 bits per heavy atom. The highest BCUT2D eigenvalue weighted by molar-refractivity contribution is 5.91. The van der Waals surface area contributed by atoms with Gasteiger partial charge in [0.1, 0.15) is 18.1 Å². The highest BCUT2D eigenvalue weighted by Crippen LogP contribution is 2.26. The molecule has 0 saturated carbocycles. The SMILES string of the molecule is CCC(NC(=O)c1ccc(COc2cccc3ccccc23)o1)c1ccccc1. The van der Waals surface area contributed by atoms with E-state index in [1.165, 1.54) is 0 Å². The molecule has 1 amide bonds. The Morgan fingerprint density at radius 3 is 2.52 bits per heavy atom. The van der Waals surface area contributed by atoms with Crippen LogP contribution in [-0.2, 0) is 6.61 Å². The first-order valence-electron chi connectivity index (χ1n) is 9.79. The van der Waals surface area contributed by atoms with Gasteiger partial charge in [0, 0.05) is 5.39 Å². The van der Waals surface area contributed by atoms with Crippen LogP contribution >= 0.6 is 0 Å². The van der Waals surface area contributed by atoms with Crippen molar-refractivity contribution in [2.45, 2.75) is 26.0 Å². The lowest BCUT2D eigenvalue weighted by Gasteiger charge is -2.16. The van der Waals surface area contributed by atoms with Crippen LogP contribution in [0.4, 0.5) is 0 Å². The average Bonchev–Trinajstić information content (AvgIpc) is 3.25. The van der Waals surface area contributed by atoms with Crippen LogP contribution in [0.2, 0.25) is 0 Å². The van der Waals surface area contributed by atoms with Gasteiger partial charge in [0.2, 0.25) is 0 Å². The molecule has 1 unspecified atom stereocenters. The van der Waals surface area contributed by atoms with E-state index >= 15 is 0 Å². The Labute approximate surface area is 170 Å². The zero-order valence-corrected chi connectivity index (χ0v) is 16.3. The lowest BCUT2D eigenvalue weighted by Crippen LogP contribution is -2.27. The van der Waals surface area contributed by atoms with E-state index in [4.69, 9.17) is 9.15 Å². The lowest BCUT2D eigenvalue weighted by molar-refractivity contribution is 0.0903. The summed E-state index contributed by atoms with van der Waals surface area (Å²) in [6, 6.07) is 27.4. The van der Waals surface area contributed by atoms with Crippen LogP contribution in [0.5, 0.6) is 5.75 Å². The molecule has 146 valence electrons. The van der Waals surface area contributed by atoms with Gasteiger partial charge in [0.25, 0.3) is 5.91 Å². The first kappa shape index (κ1) is 18.8. The highest BCUT2D eigenvalue weighted by Gasteiger charge is 2.17. The molecule has 4 nitrogen and oxygen atoms in total. The topological polar surface area (TPSA) is 51.5 Å². The summed E-state index contributed by atoms with van der Waals surface area (Å²) in [6.07, 6.45) is 0.799. The van der Waals surface area contributed by atoms with Gasteiger partial charge in [0.05, 0.1) is 6.04 Å². The summed E-state index contributed by atoms with van der Waals surface area (Å²) in [4.78, 5) is 12.6. The molecule has 29 heavy (non-hydrogen) atoms. The molecule has 4 aromatic rings. The lowest BCUT2D eigenvalue weighted by atomic mass is 10.0. The van der Waals surface area contributed by atoms with Gasteiger partial charge >= 0.3 is 0 Å². The van der Waals surface area contributed by atoms with E-state index in [0.29, 0.717) is 5.76 Å². The Morgan fingerprint density at radius 1 is 0.931 bits per heavy atom. The summed E-state index contributed by atoms with van der Waals surface area (Å²) in [5.74, 6) is 1.46. The van der Waals surface area contributed by atoms with E-state index in [1.54, 1.807) is 12.1 Å². The maximum Gasteiger partial charge on any atom is 0.287 e. The van der Waals surface area contributed by atoms with Gasteiger partial charge in [-0.15, -0.1) is 0 Å². The number of ether oxygens (including phenoxy) is 1. The van der Waals surface area contributed by atoms with Crippen molar-refractivity contribution < 1.29 is 13.9 Å². The van der Waals surface area contributed by atoms with Gasteiger partial charge in [0.15, 0.2) is 5.76 Å². The van der Waals surface area contributed by atoms with E-state index in [-0.39, 0.29) is 24.3 Å². The van der Waals surface area contributed by atoms with Crippen LogP contribution in [0, 0.1) is 0 Å².